The van der Waals surface area contributed by atoms with Crippen LogP contribution in [0.25, 0.3) is 0 Å². The van der Waals surface area contributed by atoms with Crippen molar-refractivity contribution in [1.82, 2.24) is 5.32 Å². The summed E-state index contributed by atoms with van der Waals surface area (Å²) in [6.07, 6.45) is 1.79. The molecule has 1 aromatic heterocycles. The number of benzene rings is 1. The number of esters is 1. The van der Waals surface area contributed by atoms with Gasteiger partial charge in [-0.15, -0.1) is 11.3 Å². The Morgan fingerprint density at radius 1 is 1.29 bits per heavy atom. The Bertz CT molecular complexity index is 931. The van der Waals surface area contributed by atoms with Gasteiger partial charge in [-0.1, -0.05) is 12.1 Å². The van der Waals surface area contributed by atoms with Crippen molar-refractivity contribution >= 4 is 34.8 Å². The van der Waals surface area contributed by atoms with E-state index in [1.165, 1.54) is 23.5 Å². The van der Waals surface area contributed by atoms with Crippen LogP contribution in [0.2, 0.25) is 0 Å². The van der Waals surface area contributed by atoms with E-state index in [4.69, 9.17) is 4.74 Å². The summed E-state index contributed by atoms with van der Waals surface area (Å²) in [4.78, 5) is 36.9. The number of nitrogens with one attached hydrogen (secondary N) is 2. The molecular formula is C20H19N3O4S. The monoisotopic (exact) mass is 397 g/mol. The maximum Gasteiger partial charge on any atom is 0.338 e. The van der Waals surface area contributed by atoms with Crippen molar-refractivity contribution < 1.29 is 19.1 Å². The third kappa shape index (κ3) is 4.75. The molecule has 1 fully saturated rings. The lowest BCUT2D eigenvalue weighted by Gasteiger charge is -2.22. The third-order valence-corrected chi connectivity index (χ3v) is 5.33. The molecule has 1 aliphatic rings. The highest BCUT2D eigenvalue weighted by atomic mass is 32.1. The summed E-state index contributed by atoms with van der Waals surface area (Å²) in [6.45, 7) is 1.19. The van der Waals surface area contributed by atoms with Crippen LogP contribution in [0.15, 0.2) is 41.8 Å². The number of hydrogen-bond acceptors (Lipinski definition) is 6. The summed E-state index contributed by atoms with van der Waals surface area (Å²) in [6, 6.07) is 11.9. The summed E-state index contributed by atoms with van der Waals surface area (Å²) in [5.74, 6) is -1.34. The zero-order chi connectivity index (χ0) is 20.1. The summed E-state index contributed by atoms with van der Waals surface area (Å²) >= 11 is 1.31. The molecule has 1 aliphatic carbocycles. The van der Waals surface area contributed by atoms with E-state index in [0.29, 0.717) is 10.6 Å². The molecule has 28 heavy (non-hydrogen) atoms. The number of nitrogens with zero attached hydrogens (tertiary/aromatic N) is 1. The van der Waals surface area contributed by atoms with E-state index < -0.39 is 24.0 Å². The molecule has 0 saturated heterocycles. The van der Waals surface area contributed by atoms with Gasteiger partial charge in [0.15, 0.2) is 6.61 Å². The maximum absolute atomic E-state index is 12.2. The number of thiophene rings is 1. The van der Waals surface area contributed by atoms with Crippen molar-refractivity contribution in [1.29, 1.82) is 5.26 Å². The predicted molar refractivity (Wildman–Crippen MR) is 104 cm³/mol. The smallest absolute Gasteiger partial charge is 0.338 e. The molecule has 8 heteroatoms. The van der Waals surface area contributed by atoms with E-state index >= 15 is 0 Å². The zero-order valence-electron chi connectivity index (χ0n) is 15.2. The molecular weight excluding hydrogens is 378 g/mol. The van der Waals surface area contributed by atoms with Crippen LogP contribution in [0, 0.1) is 17.2 Å². The largest absolute Gasteiger partial charge is 0.452 e. The number of ether oxygens (including phenoxy) is 1. The number of anilines is 1. The minimum atomic E-state index is -0.935. The molecule has 0 unspecified atom stereocenters. The average molecular weight is 397 g/mol. The molecule has 0 aliphatic heterocycles. The fourth-order valence-corrected chi connectivity index (χ4v) is 3.37. The third-order valence-electron chi connectivity index (χ3n) is 4.46. The summed E-state index contributed by atoms with van der Waals surface area (Å²) in [5.41, 5.74) is -0.278. The lowest BCUT2D eigenvalue weighted by molar-refractivity contribution is -0.125. The second-order valence-electron chi connectivity index (χ2n) is 6.72. The second kappa shape index (κ2) is 8.23. The van der Waals surface area contributed by atoms with Gasteiger partial charge < -0.3 is 15.4 Å². The summed E-state index contributed by atoms with van der Waals surface area (Å²) in [5, 5.41) is 16.4. The number of nitriles is 1. The van der Waals surface area contributed by atoms with Crippen molar-refractivity contribution in [2.45, 2.75) is 25.3 Å². The van der Waals surface area contributed by atoms with E-state index in [1.54, 1.807) is 36.6 Å². The SMILES string of the molecule is C[C@](C#N)(NC(=O)COC(=O)c1cccc(NC(=O)c2cccs2)c1)C1CC1. The van der Waals surface area contributed by atoms with Crippen molar-refractivity contribution in [2.75, 3.05) is 11.9 Å². The van der Waals surface area contributed by atoms with Crippen LogP contribution < -0.4 is 10.6 Å². The van der Waals surface area contributed by atoms with Gasteiger partial charge in [-0.25, -0.2) is 4.79 Å². The molecule has 0 bridgehead atoms. The molecule has 2 aromatic rings. The van der Waals surface area contributed by atoms with Gasteiger partial charge in [-0.05, 0) is 55.3 Å². The zero-order valence-corrected chi connectivity index (χ0v) is 16.0. The quantitative estimate of drug-likeness (QED) is 0.698. The van der Waals surface area contributed by atoms with Crippen molar-refractivity contribution in [2.24, 2.45) is 5.92 Å². The topological polar surface area (TPSA) is 108 Å². The number of hydrogen-bond donors (Lipinski definition) is 2. The molecule has 0 radical (unpaired) electrons. The van der Waals surface area contributed by atoms with Crippen LogP contribution >= 0.6 is 11.3 Å². The number of carbonyl (C=O) groups is 3. The van der Waals surface area contributed by atoms with Gasteiger partial charge in [0.1, 0.15) is 5.54 Å². The van der Waals surface area contributed by atoms with E-state index in [1.807, 2.05) is 0 Å². The highest BCUT2D eigenvalue weighted by Crippen LogP contribution is 2.39. The van der Waals surface area contributed by atoms with Crippen molar-refractivity contribution in [3.8, 4) is 6.07 Å². The van der Waals surface area contributed by atoms with Gasteiger partial charge in [0.05, 0.1) is 16.5 Å². The molecule has 1 atom stereocenters. The molecule has 2 N–H and O–H groups in total. The number of carbonyl (C=O) groups excluding carboxylic acids is 3. The predicted octanol–water partition coefficient (Wildman–Crippen LogP) is 2.97. The van der Waals surface area contributed by atoms with E-state index in [9.17, 15) is 19.6 Å². The Morgan fingerprint density at radius 2 is 2.07 bits per heavy atom. The van der Waals surface area contributed by atoms with Crippen LogP contribution in [0.4, 0.5) is 5.69 Å². The molecule has 2 amide bonds. The van der Waals surface area contributed by atoms with Crippen LogP contribution in [-0.2, 0) is 9.53 Å². The lowest BCUT2D eigenvalue weighted by atomic mass is 9.98. The van der Waals surface area contributed by atoms with Gasteiger partial charge in [0.2, 0.25) is 0 Å². The first-order valence-electron chi connectivity index (χ1n) is 8.75. The van der Waals surface area contributed by atoms with Gasteiger partial charge in [-0.2, -0.15) is 5.26 Å². The summed E-state index contributed by atoms with van der Waals surface area (Å²) < 4.78 is 5.04. The Kier molecular flexibility index (Phi) is 5.76. The Balaban J connectivity index is 1.55. The molecule has 3 rings (SSSR count). The van der Waals surface area contributed by atoms with E-state index in [0.717, 1.165) is 12.8 Å². The van der Waals surface area contributed by atoms with Crippen molar-refractivity contribution in [3.05, 3.63) is 52.2 Å². The number of amides is 2. The second-order valence-corrected chi connectivity index (χ2v) is 7.67. The molecule has 144 valence electrons. The van der Waals surface area contributed by atoms with Crippen molar-refractivity contribution in [3.63, 3.8) is 0 Å². The van der Waals surface area contributed by atoms with E-state index in [-0.39, 0.29) is 17.4 Å². The standard InChI is InChI=1S/C20H19N3O4S/c1-20(12-21,14-7-8-14)23-17(24)11-27-19(26)13-4-2-5-15(10-13)22-18(25)16-6-3-9-28-16/h2-6,9-10,14H,7-8,11H2,1H3,(H,22,25)(H,23,24)/t20-/m1/s1. The molecule has 1 aromatic carbocycles. The first-order chi connectivity index (χ1) is 13.4. The summed E-state index contributed by atoms with van der Waals surface area (Å²) in [7, 11) is 0. The van der Waals surface area contributed by atoms with Crippen LogP contribution in [0.3, 0.4) is 0 Å². The Hall–Kier alpha value is -3.18. The van der Waals surface area contributed by atoms with Crippen LogP contribution in [0.5, 0.6) is 0 Å². The highest BCUT2D eigenvalue weighted by Gasteiger charge is 2.43. The van der Waals surface area contributed by atoms with Gasteiger partial charge in [0, 0.05) is 5.69 Å². The average Bonchev–Trinajstić information content (AvgIpc) is 3.41. The van der Waals surface area contributed by atoms with Gasteiger partial charge in [0.25, 0.3) is 11.8 Å². The van der Waals surface area contributed by atoms with Gasteiger partial charge >= 0.3 is 5.97 Å². The minimum absolute atomic E-state index is 0.140. The first-order valence-corrected chi connectivity index (χ1v) is 9.63. The molecule has 7 nitrogen and oxygen atoms in total. The fraction of sp³-hybridized carbons (Fsp3) is 0.300. The van der Waals surface area contributed by atoms with Crippen LogP contribution in [0.1, 0.15) is 39.8 Å². The fourth-order valence-electron chi connectivity index (χ4n) is 2.75. The molecule has 1 heterocycles. The maximum atomic E-state index is 12.2. The lowest BCUT2D eigenvalue weighted by Crippen LogP contribution is -2.48. The first kappa shape index (κ1) is 19.6. The Morgan fingerprint density at radius 3 is 2.71 bits per heavy atom. The minimum Gasteiger partial charge on any atom is -0.452 e. The molecule has 1 saturated carbocycles. The van der Waals surface area contributed by atoms with Crippen LogP contribution in [-0.4, -0.2) is 29.9 Å². The normalized spacial score (nSPS) is 15.0. The Labute approximate surface area is 166 Å². The molecule has 0 spiro atoms. The number of rotatable bonds is 7. The highest BCUT2D eigenvalue weighted by molar-refractivity contribution is 7.12. The van der Waals surface area contributed by atoms with E-state index in [2.05, 4.69) is 16.7 Å². The van der Waals surface area contributed by atoms with Gasteiger partial charge in [-0.3, -0.25) is 9.59 Å².